The lowest BCUT2D eigenvalue weighted by atomic mass is 10.9. The fraction of sp³-hybridized carbons (Fsp3) is 1.00. The van der Waals surface area contributed by atoms with Crippen LogP contribution in [0.15, 0.2) is 0 Å². The van der Waals surface area contributed by atoms with Gasteiger partial charge >= 0.3 is 16.8 Å². The van der Waals surface area contributed by atoms with Gasteiger partial charge in [0.05, 0.1) is 6.61 Å². The number of alkyl halides is 3. The standard InChI is InChI=1S/C3H5F3O5S/c1-2-9-12(7,8)11-10-3(4,5)6/h2H2,1H3. The maximum Gasteiger partial charge on any atom is 0.550 e. The van der Waals surface area contributed by atoms with Gasteiger partial charge in [-0.2, -0.15) is 8.42 Å². The number of hydrogen-bond donors (Lipinski definition) is 0. The van der Waals surface area contributed by atoms with Crippen molar-refractivity contribution in [1.82, 2.24) is 0 Å². The first-order valence-corrected chi connectivity index (χ1v) is 3.93. The molecule has 0 rings (SSSR count). The van der Waals surface area contributed by atoms with Crippen LogP contribution in [0.1, 0.15) is 6.92 Å². The first-order valence-electron chi connectivity index (χ1n) is 2.60. The molecule has 0 radical (unpaired) electrons. The van der Waals surface area contributed by atoms with Gasteiger partial charge in [-0.05, 0) is 6.92 Å². The molecule has 0 aliphatic heterocycles. The summed E-state index contributed by atoms with van der Waals surface area (Å²) in [6.07, 6.45) is -5.18. The van der Waals surface area contributed by atoms with E-state index in [1.165, 1.54) is 6.92 Å². The molecule has 12 heavy (non-hydrogen) atoms. The van der Waals surface area contributed by atoms with Crippen LogP contribution in [0.3, 0.4) is 0 Å². The average Bonchev–Trinajstić information content (AvgIpc) is 1.83. The maximum atomic E-state index is 11.2. The average molecular weight is 210 g/mol. The zero-order valence-corrected chi connectivity index (χ0v) is 6.61. The first kappa shape index (κ1) is 11.6. The molecule has 74 valence electrons. The molecule has 0 N–H and O–H groups in total. The van der Waals surface area contributed by atoms with Crippen molar-refractivity contribution in [2.45, 2.75) is 13.3 Å². The molecule has 0 saturated carbocycles. The van der Waals surface area contributed by atoms with Gasteiger partial charge in [0.2, 0.25) is 0 Å². The Morgan fingerprint density at radius 1 is 1.33 bits per heavy atom. The van der Waals surface area contributed by atoms with E-state index in [1.54, 1.807) is 0 Å². The quantitative estimate of drug-likeness (QED) is 0.505. The zero-order chi connectivity index (χ0) is 9.83. The van der Waals surface area contributed by atoms with E-state index < -0.39 is 16.8 Å². The van der Waals surface area contributed by atoms with Crippen LogP contribution in [-0.4, -0.2) is 21.4 Å². The normalized spacial score (nSPS) is 13.3. The Balaban J connectivity index is 3.94. The van der Waals surface area contributed by atoms with Crippen molar-refractivity contribution >= 4 is 10.4 Å². The predicted octanol–water partition coefficient (Wildman–Crippen LogP) is 0.736. The molecule has 0 fully saturated rings. The second kappa shape index (κ2) is 4.03. The molecule has 5 nitrogen and oxygen atoms in total. The minimum atomic E-state index is -5.18. The third-order valence-corrected chi connectivity index (χ3v) is 1.23. The van der Waals surface area contributed by atoms with E-state index in [9.17, 15) is 21.6 Å². The number of rotatable bonds is 4. The summed E-state index contributed by atoms with van der Waals surface area (Å²) in [6, 6.07) is 0. The van der Waals surface area contributed by atoms with E-state index in [2.05, 4.69) is 13.4 Å². The largest absolute Gasteiger partial charge is 0.550 e. The topological polar surface area (TPSA) is 61.8 Å². The third-order valence-electron chi connectivity index (χ3n) is 0.474. The van der Waals surface area contributed by atoms with Crippen LogP contribution >= 0.6 is 0 Å². The Kier molecular flexibility index (Phi) is 3.90. The van der Waals surface area contributed by atoms with Gasteiger partial charge in [0.15, 0.2) is 0 Å². The summed E-state index contributed by atoms with van der Waals surface area (Å²) >= 11 is 0. The van der Waals surface area contributed by atoms with E-state index >= 15 is 0 Å². The second-order valence-electron chi connectivity index (χ2n) is 1.41. The molecule has 0 saturated heterocycles. The van der Waals surface area contributed by atoms with Gasteiger partial charge in [-0.1, -0.05) is 4.33 Å². The monoisotopic (exact) mass is 210 g/mol. The van der Waals surface area contributed by atoms with E-state index in [-0.39, 0.29) is 6.61 Å². The Labute approximate surface area is 66.3 Å². The van der Waals surface area contributed by atoms with Crippen molar-refractivity contribution in [2.75, 3.05) is 6.61 Å². The Bertz CT molecular complexity index is 219. The molecule has 0 atom stereocenters. The SMILES string of the molecule is CCOS(=O)(=O)OOC(F)(F)F. The second-order valence-corrected chi connectivity index (χ2v) is 2.60. The van der Waals surface area contributed by atoms with Crippen LogP contribution in [-0.2, 0) is 23.8 Å². The molecule has 0 heterocycles. The molecule has 0 aromatic carbocycles. The lowest BCUT2D eigenvalue weighted by Crippen LogP contribution is -2.19. The predicted molar refractivity (Wildman–Crippen MR) is 28.8 cm³/mol. The number of hydrogen-bond acceptors (Lipinski definition) is 5. The minimum Gasteiger partial charge on any atom is -0.247 e. The highest BCUT2D eigenvalue weighted by atomic mass is 32.3. The summed E-state index contributed by atoms with van der Waals surface area (Å²) < 4.78 is 60.6. The van der Waals surface area contributed by atoms with Crippen molar-refractivity contribution < 1.29 is 35.0 Å². The molecule has 9 heteroatoms. The zero-order valence-electron chi connectivity index (χ0n) is 5.79. The summed E-state index contributed by atoms with van der Waals surface area (Å²) in [5, 5.41) is 0. The highest BCUT2D eigenvalue weighted by Crippen LogP contribution is 2.17. The molecular formula is C3H5F3O5S. The summed E-state index contributed by atoms with van der Waals surface area (Å²) in [7, 11) is -4.71. The van der Waals surface area contributed by atoms with Gasteiger partial charge in [-0.15, -0.1) is 18.1 Å². The van der Waals surface area contributed by atoms with Crippen LogP contribution in [0.2, 0.25) is 0 Å². The highest BCUT2D eigenvalue weighted by Gasteiger charge is 2.34. The van der Waals surface area contributed by atoms with Gasteiger partial charge in [-0.25, -0.2) is 4.18 Å². The van der Waals surface area contributed by atoms with Gasteiger partial charge < -0.3 is 0 Å². The summed E-state index contributed by atoms with van der Waals surface area (Å²) in [6.45, 7) is 0.915. The van der Waals surface area contributed by atoms with Crippen molar-refractivity contribution in [3.8, 4) is 0 Å². The summed E-state index contributed by atoms with van der Waals surface area (Å²) in [5.41, 5.74) is 0. The van der Waals surface area contributed by atoms with E-state index in [1.807, 2.05) is 0 Å². The van der Waals surface area contributed by atoms with Crippen molar-refractivity contribution in [1.29, 1.82) is 0 Å². The Hall–Kier alpha value is -0.380. The van der Waals surface area contributed by atoms with Gasteiger partial charge in [0, 0.05) is 0 Å². The van der Waals surface area contributed by atoms with Crippen LogP contribution in [0.5, 0.6) is 0 Å². The third kappa shape index (κ3) is 6.34. The maximum absolute atomic E-state index is 11.2. The molecule has 0 aromatic heterocycles. The van der Waals surface area contributed by atoms with Crippen LogP contribution in [0.25, 0.3) is 0 Å². The minimum absolute atomic E-state index is 0.344. The highest BCUT2D eigenvalue weighted by molar-refractivity contribution is 7.81. The Morgan fingerprint density at radius 3 is 2.17 bits per heavy atom. The van der Waals surface area contributed by atoms with Crippen LogP contribution in [0, 0.1) is 0 Å². The molecule has 0 amide bonds. The van der Waals surface area contributed by atoms with Gasteiger partial charge in [0.25, 0.3) is 0 Å². The van der Waals surface area contributed by atoms with Crippen molar-refractivity contribution in [3.63, 3.8) is 0 Å². The molecule has 0 aliphatic carbocycles. The fourth-order valence-corrected chi connectivity index (χ4v) is 0.733. The number of halogens is 3. The summed E-state index contributed by atoms with van der Waals surface area (Å²) in [4.78, 5) is 2.53. The Morgan fingerprint density at radius 2 is 1.83 bits per heavy atom. The van der Waals surface area contributed by atoms with Crippen LogP contribution < -0.4 is 0 Å². The molecular weight excluding hydrogens is 205 g/mol. The van der Waals surface area contributed by atoms with Crippen LogP contribution in [0.4, 0.5) is 13.2 Å². The summed E-state index contributed by atoms with van der Waals surface area (Å²) in [5.74, 6) is 0. The smallest absolute Gasteiger partial charge is 0.247 e. The van der Waals surface area contributed by atoms with E-state index in [0.717, 1.165) is 0 Å². The van der Waals surface area contributed by atoms with Crippen molar-refractivity contribution in [2.24, 2.45) is 0 Å². The van der Waals surface area contributed by atoms with Gasteiger partial charge in [0.1, 0.15) is 0 Å². The van der Waals surface area contributed by atoms with E-state index in [0.29, 0.717) is 0 Å². The van der Waals surface area contributed by atoms with E-state index in [4.69, 9.17) is 0 Å². The molecule has 0 aromatic rings. The van der Waals surface area contributed by atoms with Crippen molar-refractivity contribution in [3.05, 3.63) is 0 Å². The lowest BCUT2D eigenvalue weighted by molar-refractivity contribution is -0.445. The fourth-order valence-electron chi connectivity index (χ4n) is 0.244. The van der Waals surface area contributed by atoms with Gasteiger partial charge in [-0.3, -0.25) is 0 Å². The molecule has 0 bridgehead atoms. The lowest BCUT2D eigenvalue weighted by Gasteiger charge is -2.04. The molecule has 0 unspecified atom stereocenters. The molecule has 0 spiro atoms. The first-order chi connectivity index (χ1) is 5.27. The molecule has 0 aliphatic rings.